The van der Waals surface area contributed by atoms with Gasteiger partial charge in [0.2, 0.25) is 0 Å². The molecule has 0 spiro atoms. The Morgan fingerprint density at radius 3 is 1.88 bits per heavy atom. The highest BCUT2D eigenvalue weighted by Gasteiger charge is 2.41. The number of quaternary nitrogens is 1. The van der Waals surface area contributed by atoms with Gasteiger partial charge in [0, 0.05) is 43.9 Å². The number of ether oxygens (including phenoxy) is 2. The molecule has 0 amide bonds. The number of likely N-dealkylation sites (N-methyl/N-ethyl adjacent to an activating group) is 1. The van der Waals surface area contributed by atoms with E-state index in [1.54, 1.807) is 12.2 Å². The van der Waals surface area contributed by atoms with Crippen molar-refractivity contribution in [3.63, 3.8) is 0 Å². The number of nitrogens with zero attached hydrogens (tertiary/aromatic N) is 1. The van der Waals surface area contributed by atoms with E-state index >= 15 is 0 Å². The molecule has 14 heteroatoms. The summed E-state index contributed by atoms with van der Waals surface area (Å²) >= 11 is 0. The highest BCUT2D eigenvalue weighted by molar-refractivity contribution is 7.45. The molecular formula is C44H82NO12P. The number of unbranched alkanes of at least 4 members (excludes halogenated alkanes) is 15. The van der Waals surface area contributed by atoms with Gasteiger partial charge in [-0.15, -0.1) is 0 Å². The second-order valence-electron chi connectivity index (χ2n) is 17.4. The smallest absolute Gasteiger partial charge is 0.306 e. The molecule has 1 fully saturated rings. The standard InChI is InChI=1S/C44H82NO12P/c1-6-8-10-11-12-13-14-15-16-17-18-19-21-26-43(50)54-34-38(35-56-58(52,53)55-31-30-45(3,4)5)57-44(51)27-23-22-25-37(47)32-40-39(41(48)33-42(40)49)29-28-36(46)24-20-9-7-2/h28-29,36,38-42,46,48-49H,6-27,30-35H2,1-5H3/b29-28+/t36-,38+,39+,40+,41+,42-/m0/s1. The summed E-state index contributed by atoms with van der Waals surface area (Å²) < 4.78 is 33.7. The van der Waals surface area contributed by atoms with Crippen LogP contribution in [0, 0.1) is 11.8 Å². The molecule has 0 saturated heterocycles. The maximum atomic E-state index is 12.9. The molecule has 1 aliphatic carbocycles. The van der Waals surface area contributed by atoms with Crippen LogP contribution in [0.3, 0.4) is 0 Å². The lowest BCUT2D eigenvalue weighted by atomic mass is 9.87. The van der Waals surface area contributed by atoms with Crippen LogP contribution in [0.2, 0.25) is 0 Å². The van der Waals surface area contributed by atoms with Gasteiger partial charge in [-0.05, 0) is 25.7 Å². The average Bonchev–Trinajstić information content (AvgIpc) is 3.41. The van der Waals surface area contributed by atoms with Gasteiger partial charge in [0.1, 0.15) is 25.5 Å². The Morgan fingerprint density at radius 1 is 0.741 bits per heavy atom. The minimum Gasteiger partial charge on any atom is -0.756 e. The number of rotatable bonds is 37. The van der Waals surface area contributed by atoms with Gasteiger partial charge in [0.15, 0.2) is 6.10 Å². The molecule has 58 heavy (non-hydrogen) atoms. The Kier molecular flexibility index (Phi) is 30.0. The maximum Gasteiger partial charge on any atom is 0.306 e. The molecule has 0 aromatic rings. The first-order valence-electron chi connectivity index (χ1n) is 22.6. The maximum absolute atomic E-state index is 12.9. The van der Waals surface area contributed by atoms with Gasteiger partial charge < -0.3 is 43.2 Å². The summed E-state index contributed by atoms with van der Waals surface area (Å²) in [6.45, 7) is 3.68. The van der Waals surface area contributed by atoms with E-state index in [0.29, 0.717) is 36.7 Å². The van der Waals surface area contributed by atoms with E-state index < -0.39 is 62.6 Å². The number of carbonyl (C=O) groups excluding carboxylic acids is 3. The van der Waals surface area contributed by atoms with Crippen molar-refractivity contribution in [2.75, 3.05) is 47.5 Å². The number of aliphatic hydroxyl groups excluding tert-OH is 3. The molecule has 340 valence electrons. The molecule has 0 aromatic heterocycles. The predicted octanol–water partition coefficient (Wildman–Crippen LogP) is 7.51. The van der Waals surface area contributed by atoms with Crippen LogP contribution in [-0.4, -0.2) is 109 Å². The predicted molar refractivity (Wildman–Crippen MR) is 225 cm³/mol. The van der Waals surface area contributed by atoms with E-state index in [1.807, 2.05) is 21.1 Å². The van der Waals surface area contributed by atoms with Crippen LogP contribution in [0.25, 0.3) is 0 Å². The third kappa shape index (κ3) is 28.7. The molecule has 0 radical (unpaired) electrons. The molecule has 1 aliphatic rings. The summed E-state index contributed by atoms with van der Waals surface area (Å²) in [6, 6.07) is 0. The van der Waals surface area contributed by atoms with Crippen LogP contribution in [0.1, 0.15) is 168 Å². The van der Waals surface area contributed by atoms with Crippen molar-refractivity contribution in [1.29, 1.82) is 0 Å². The van der Waals surface area contributed by atoms with E-state index in [4.69, 9.17) is 18.5 Å². The number of phosphoric acid groups is 1. The van der Waals surface area contributed by atoms with E-state index in [-0.39, 0.29) is 51.1 Å². The molecule has 7 atom stereocenters. The third-order valence-electron chi connectivity index (χ3n) is 10.8. The number of hydrogen-bond donors (Lipinski definition) is 3. The normalized spacial score (nSPS) is 20.6. The van der Waals surface area contributed by atoms with Gasteiger partial charge >= 0.3 is 11.9 Å². The van der Waals surface area contributed by atoms with Gasteiger partial charge in [-0.1, -0.05) is 122 Å². The van der Waals surface area contributed by atoms with Gasteiger partial charge in [-0.25, -0.2) is 0 Å². The van der Waals surface area contributed by atoms with Crippen molar-refractivity contribution >= 4 is 25.5 Å². The van der Waals surface area contributed by atoms with E-state index in [1.165, 1.54) is 57.8 Å². The summed E-state index contributed by atoms with van der Waals surface area (Å²) in [6.07, 6.45) is 20.1. The van der Waals surface area contributed by atoms with Crippen molar-refractivity contribution in [2.45, 2.75) is 192 Å². The number of aliphatic hydroxyl groups is 3. The summed E-state index contributed by atoms with van der Waals surface area (Å²) in [5.41, 5.74) is 0. The van der Waals surface area contributed by atoms with Gasteiger partial charge in [-0.3, -0.25) is 18.9 Å². The van der Waals surface area contributed by atoms with Gasteiger partial charge in [0.25, 0.3) is 7.82 Å². The fourth-order valence-corrected chi connectivity index (χ4v) is 7.85. The zero-order chi connectivity index (χ0) is 43.2. The highest BCUT2D eigenvalue weighted by Crippen LogP contribution is 2.39. The monoisotopic (exact) mass is 848 g/mol. The zero-order valence-corrected chi connectivity index (χ0v) is 37.7. The van der Waals surface area contributed by atoms with E-state index in [9.17, 15) is 39.2 Å². The number of ketones is 1. The van der Waals surface area contributed by atoms with Crippen LogP contribution in [-0.2, 0) is 37.5 Å². The van der Waals surface area contributed by atoms with Crippen LogP contribution in [0.5, 0.6) is 0 Å². The molecule has 0 bridgehead atoms. The second kappa shape index (κ2) is 32.1. The minimum atomic E-state index is -4.73. The van der Waals surface area contributed by atoms with Crippen molar-refractivity contribution in [2.24, 2.45) is 11.8 Å². The van der Waals surface area contributed by atoms with Crippen LogP contribution < -0.4 is 4.89 Å². The molecule has 0 aliphatic heterocycles. The minimum absolute atomic E-state index is 0.0578. The first-order chi connectivity index (χ1) is 27.6. The summed E-state index contributed by atoms with van der Waals surface area (Å²) in [7, 11) is 0.943. The molecular weight excluding hydrogens is 765 g/mol. The topological polar surface area (TPSA) is 189 Å². The lowest BCUT2D eigenvalue weighted by Gasteiger charge is -2.28. The van der Waals surface area contributed by atoms with Crippen molar-refractivity contribution in [3.8, 4) is 0 Å². The Bertz CT molecular complexity index is 1180. The van der Waals surface area contributed by atoms with Crippen LogP contribution in [0.4, 0.5) is 0 Å². The Labute approximate surface area is 350 Å². The van der Waals surface area contributed by atoms with Crippen LogP contribution >= 0.6 is 7.82 Å². The summed E-state index contributed by atoms with van der Waals surface area (Å²) in [5, 5.41) is 31.4. The average molecular weight is 848 g/mol. The Morgan fingerprint density at radius 2 is 1.28 bits per heavy atom. The second-order valence-corrected chi connectivity index (χ2v) is 18.8. The SMILES string of the molecule is CCCCCCCCCCCCCCCC(=O)OC[C@H](COP(=O)([O-])OCC[N+](C)(C)C)OC(=O)CCCCC(=O)C[C@@H]1[C@@H](/C=C/[C@@H](O)CCCCC)[C@H](O)C[C@@H]1O. The quantitative estimate of drug-likeness (QED) is 0.0184. The molecule has 1 saturated carbocycles. The fourth-order valence-electron chi connectivity index (χ4n) is 7.12. The highest BCUT2D eigenvalue weighted by atomic mass is 31.2. The number of esters is 2. The first-order valence-corrected chi connectivity index (χ1v) is 24.0. The van der Waals surface area contributed by atoms with Gasteiger partial charge in [0.05, 0.1) is 46.1 Å². The van der Waals surface area contributed by atoms with Crippen LogP contribution in [0.15, 0.2) is 12.2 Å². The summed E-state index contributed by atoms with van der Waals surface area (Å²) in [4.78, 5) is 50.6. The number of hydrogen-bond acceptors (Lipinski definition) is 12. The van der Waals surface area contributed by atoms with E-state index in [2.05, 4.69) is 13.8 Å². The lowest BCUT2D eigenvalue weighted by molar-refractivity contribution is -0.870. The molecule has 3 N–H and O–H groups in total. The Hall–Kier alpha value is -1.70. The third-order valence-corrected chi connectivity index (χ3v) is 11.7. The lowest BCUT2D eigenvalue weighted by Crippen LogP contribution is -2.37. The molecule has 1 rings (SSSR count). The molecule has 0 aromatic carbocycles. The molecule has 1 unspecified atom stereocenters. The number of carbonyl (C=O) groups is 3. The number of Topliss-reactive ketones (excluding diaryl/α,β-unsaturated/α-hetero) is 1. The van der Waals surface area contributed by atoms with Crippen molar-refractivity contribution in [3.05, 3.63) is 12.2 Å². The molecule has 13 nitrogen and oxygen atoms in total. The number of phosphoric ester groups is 1. The Balaban J connectivity index is 2.53. The largest absolute Gasteiger partial charge is 0.756 e. The zero-order valence-electron chi connectivity index (χ0n) is 36.8. The first kappa shape index (κ1) is 54.3. The van der Waals surface area contributed by atoms with Crippen molar-refractivity contribution < 1.29 is 62.2 Å². The molecule has 0 heterocycles. The fraction of sp³-hybridized carbons (Fsp3) is 0.886. The van der Waals surface area contributed by atoms with Gasteiger partial charge in [-0.2, -0.15) is 0 Å². The van der Waals surface area contributed by atoms with Crippen molar-refractivity contribution in [1.82, 2.24) is 0 Å². The summed E-state index contributed by atoms with van der Waals surface area (Å²) in [5.74, 6) is -2.13. The van der Waals surface area contributed by atoms with E-state index in [0.717, 1.165) is 38.5 Å².